The summed E-state index contributed by atoms with van der Waals surface area (Å²) in [6.45, 7) is -0.187. The molecule has 0 radical (unpaired) electrons. The largest absolute Gasteiger partial charge is 0.471 e. The summed E-state index contributed by atoms with van der Waals surface area (Å²) < 4.78 is 22.5. The van der Waals surface area contributed by atoms with Crippen LogP contribution in [0.5, 0.6) is 0 Å². The summed E-state index contributed by atoms with van der Waals surface area (Å²) in [6.07, 6.45) is -5.86. The summed E-state index contributed by atoms with van der Waals surface area (Å²) in [5, 5.41) is 52.4. The minimum atomic E-state index is -1.62. The number of piperidine rings is 1. The van der Waals surface area contributed by atoms with Crippen LogP contribution in [0.25, 0.3) is 10.9 Å². The van der Waals surface area contributed by atoms with Gasteiger partial charge in [0.25, 0.3) is 0 Å². The van der Waals surface area contributed by atoms with Crippen molar-refractivity contribution in [1.82, 2.24) is 9.88 Å². The lowest BCUT2D eigenvalue weighted by Crippen LogP contribution is -2.63. The van der Waals surface area contributed by atoms with Gasteiger partial charge in [-0.25, -0.2) is 4.79 Å². The topological polar surface area (TPSA) is 174 Å². The van der Waals surface area contributed by atoms with Crippen molar-refractivity contribution >= 4 is 16.9 Å². The number of aromatic amines is 1. The number of carbonyl (C=O) groups is 1. The zero-order chi connectivity index (χ0) is 27.4. The first-order chi connectivity index (χ1) is 18.9. The van der Waals surface area contributed by atoms with Gasteiger partial charge in [0, 0.05) is 41.0 Å². The Hall–Kier alpha value is -2.55. The van der Waals surface area contributed by atoms with Gasteiger partial charge in [0.05, 0.1) is 38.2 Å². The smallest absolute Gasteiger partial charge is 0.337 e. The lowest BCUT2D eigenvalue weighted by molar-refractivity contribution is -0.346. The third-order valence-electron chi connectivity index (χ3n) is 8.78. The quantitative estimate of drug-likeness (QED) is 0.262. The molecule has 5 heterocycles. The SMILES string of the molecule is COC(=O)C1=COC(O[C@@H]2O[C@H](CO)[C@@H](O)[C@H](O)[C@H]2O)C2C1C[C@@H]1c3[nH]c4ccccc4c3CCN1C2CO. The Morgan fingerprint density at radius 1 is 1.10 bits per heavy atom. The van der Waals surface area contributed by atoms with Gasteiger partial charge >= 0.3 is 5.97 Å². The highest BCUT2D eigenvalue weighted by Gasteiger charge is 2.55. The zero-order valence-electron chi connectivity index (χ0n) is 21.4. The number of hydrogen-bond acceptors (Lipinski definition) is 11. The molecule has 6 N–H and O–H groups in total. The highest BCUT2D eigenvalue weighted by molar-refractivity contribution is 5.89. The number of benzene rings is 1. The van der Waals surface area contributed by atoms with Crippen molar-refractivity contribution in [2.75, 3.05) is 26.9 Å². The maximum Gasteiger partial charge on any atom is 0.337 e. The van der Waals surface area contributed by atoms with Gasteiger partial charge < -0.3 is 49.5 Å². The van der Waals surface area contributed by atoms with E-state index in [2.05, 4.69) is 16.0 Å². The molecule has 12 nitrogen and oxygen atoms in total. The molecule has 2 aromatic rings. The van der Waals surface area contributed by atoms with Gasteiger partial charge in [0.15, 0.2) is 6.29 Å². The van der Waals surface area contributed by atoms with Crippen molar-refractivity contribution in [3.05, 3.63) is 47.4 Å². The Morgan fingerprint density at radius 2 is 1.90 bits per heavy atom. The summed E-state index contributed by atoms with van der Waals surface area (Å²) >= 11 is 0. The Balaban J connectivity index is 1.35. The van der Waals surface area contributed by atoms with Crippen molar-refractivity contribution in [2.45, 2.75) is 61.9 Å². The molecule has 1 aromatic carbocycles. The van der Waals surface area contributed by atoms with Crippen LogP contribution in [-0.4, -0.2) is 111 Å². The highest BCUT2D eigenvalue weighted by atomic mass is 16.8. The van der Waals surface area contributed by atoms with Crippen molar-refractivity contribution in [1.29, 1.82) is 0 Å². The monoisotopic (exact) mass is 546 g/mol. The molecular formula is C27H34N2O10. The number of methoxy groups -OCH3 is 1. The number of H-pyrrole nitrogens is 1. The minimum absolute atomic E-state index is 0.112. The number of hydrogen-bond donors (Lipinski definition) is 6. The van der Waals surface area contributed by atoms with Gasteiger partial charge in [-0.3, -0.25) is 4.90 Å². The first kappa shape index (κ1) is 26.7. The molecule has 4 aliphatic heterocycles. The number of aliphatic hydroxyl groups is 5. The third-order valence-corrected chi connectivity index (χ3v) is 8.78. The third kappa shape index (κ3) is 4.26. The molecule has 0 bridgehead atoms. The Labute approximate surface area is 224 Å². The van der Waals surface area contributed by atoms with E-state index in [-0.39, 0.29) is 12.6 Å². The predicted molar refractivity (Wildman–Crippen MR) is 134 cm³/mol. The van der Waals surface area contributed by atoms with Crippen LogP contribution >= 0.6 is 0 Å². The first-order valence-corrected chi connectivity index (χ1v) is 13.2. The van der Waals surface area contributed by atoms with Crippen molar-refractivity contribution in [3.8, 4) is 0 Å². The van der Waals surface area contributed by atoms with Crippen LogP contribution in [0.4, 0.5) is 0 Å². The summed E-state index contributed by atoms with van der Waals surface area (Å²) in [5.41, 5.74) is 3.64. The van der Waals surface area contributed by atoms with Gasteiger partial charge in [-0.15, -0.1) is 0 Å². The summed E-state index contributed by atoms with van der Waals surface area (Å²) in [6, 6.07) is 7.51. The van der Waals surface area contributed by atoms with Gasteiger partial charge in [-0.1, -0.05) is 18.2 Å². The number of aliphatic hydroxyl groups excluding tert-OH is 5. The Bertz CT molecular complexity index is 1250. The van der Waals surface area contributed by atoms with Crippen LogP contribution in [0, 0.1) is 11.8 Å². The van der Waals surface area contributed by atoms with Crippen LogP contribution in [-0.2, 0) is 30.2 Å². The molecule has 39 heavy (non-hydrogen) atoms. The van der Waals surface area contributed by atoms with Gasteiger partial charge in [-0.2, -0.15) is 0 Å². The van der Waals surface area contributed by atoms with E-state index in [0.29, 0.717) is 18.5 Å². The van der Waals surface area contributed by atoms with Crippen LogP contribution in [0.2, 0.25) is 0 Å². The average molecular weight is 547 g/mol. The second-order valence-corrected chi connectivity index (χ2v) is 10.6. The number of ether oxygens (including phenoxy) is 4. The van der Waals surface area contributed by atoms with Crippen LogP contribution in [0.15, 0.2) is 36.1 Å². The summed E-state index contributed by atoms with van der Waals surface area (Å²) in [5.74, 6) is -1.55. The normalized spacial score (nSPS) is 38.3. The van der Waals surface area contributed by atoms with E-state index in [1.54, 1.807) is 0 Å². The molecule has 2 fully saturated rings. The fourth-order valence-corrected chi connectivity index (χ4v) is 6.88. The fraction of sp³-hybridized carbons (Fsp3) is 0.593. The Morgan fingerprint density at radius 3 is 2.64 bits per heavy atom. The van der Waals surface area contributed by atoms with Crippen molar-refractivity contribution in [3.63, 3.8) is 0 Å². The van der Waals surface area contributed by atoms with E-state index in [1.165, 1.54) is 18.9 Å². The molecule has 2 saturated heterocycles. The molecule has 4 unspecified atom stereocenters. The number of aromatic nitrogens is 1. The van der Waals surface area contributed by atoms with Gasteiger partial charge in [0.1, 0.15) is 24.4 Å². The first-order valence-electron chi connectivity index (χ1n) is 13.2. The Kier molecular flexibility index (Phi) is 7.14. The highest BCUT2D eigenvalue weighted by Crippen LogP contribution is 2.51. The van der Waals surface area contributed by atoms with Crippen LogP contribution in [0.3, 0.4) is 0 Å². The maximum atomic E-state index is 12.8. The molecule has 0 aliphatic carbocycles. The van der Waals surface area contributed by atoms with E-state index in [4.69, 9.17) is 18.9 Å². The number of carbonyl (C=O) groups excluding carboxylic acids is 1. The number of para-hydroxylation sites is 1. The molecule has 4 aliphatic rings. The molecule has 212 valence electrons. The second kappa shape index (κ2) is 10.5. The lowest BCUT2D eigenvalue weighted by atomic mass is 9.70. The van der Waals surface area contributed by atoms with Crippen molar-refractivity contribution < 1.29 is 49.3 Å². The number of esters is 1. The molecule has 12 heteroatoms. The second-order valence-electron chi connectivity index (χ2n) is 10.6. The fourth-order valence-electron chi connectivity index (χ4n) is 6.88. The maximum absolute atomic E-state index is 12.8. The minimum Gasteiger partial charge on any atom is -0.471 e. The summed E-state index contributed by atoms with van der Waals surface area (Å²) in [7, 11) is 1.30. The molecule has 0 spiro atoms. The number of fused-ring (bicyclic) bond motifs is 6. The van der Waals surface area contributed by atoms with E-state index in [1.807, 2.05) is 18.2 Å². The zero-order valence-corrected chi connectivity index (χ0v) is 21.4. The van der Waals surface area contributed by atoms with E-state index in [0.717, 1.165) is 23.0 Å². The van der Waals surface area contributed by atoms with Crippen molar-refractivity contribution in [2.24, 2.45) is 11.8 Å². The van der Waals surface area contributed by atoms with Gasteiger partial charge in [-0.05, 0) is 24.5 Å². The lowest BCUT2D eigenvalue weighted by Gasteiger charge is -2.54. The summed E-state index contributed by atoms with van der Waals surface area (Å²) in [4.78, 5) is 18.6. The molecular weight excluding hydrogens is 512 g/mol. The molecule has 6 rings (SSSR count). The number of rotatable bonds is 5. The average Bonchev–Trinajstić information content (AvgIpc) is 3.35. The predicted octanol–water partition coefficient (Wildman–Crippen LogP) is -0.706. The number of nitrogens with zero attached hydrogens (tertiary/aromatic N) is 1. The molecule has 1 aromatic heterocycles. The number of nitrogens with one attached hydrogen (secondary N) is 1. The standard InChI is InChI=1S/C27H34N2O10/c1-36-25(35)15-11-37-26(39-27-24(34)23(33)22(32)19(10-31)38-27)20-14(15)8-17-21-13(6-7-29(17)18(20)9-30)12-4-2-3-5-16(12)28-21/h2-5,11,14,17-20,22-24,26-28,30-34H,6-10H2,1H3/t14?,17-,18?,19-,20?,22-,23+,24-,26?,27+/m1/s1. The molecule has 10 atom stereocenters. The van der Waals surface area contributed by atoms with Crippen LogP contribution < -0.4 is 0 Å². The molecule has 0 saturated carbocycles. The van der Waals surface area contributed by atoms with Gasteiger partial charge in [0.2, 0.25) is 6.29 Å². The van der Waals surface area contributed by atoms with E-state index < -0.39 is 67.4 Å². The van der Waals surface area contributed by atoms with E-state index in [9.17, 15) is 30.3 Å². The molecule has 0 amide bonds. The van der Waals surface area contributed by atoms with Crippen LogP contribution in [0.1, 0.15) is 23.7 Å². The van der Waals surface area contributed by atoms with E-state index >= 15 is 0 Å².